The lowest BCUT2D eigenvalue weighted by Crippen LogP contribution is -2.28. The van der Waals surface area contributed by atoms with Gasteiger partial charge in [0.05, 0.1) is 6.10 Å². The third-order valence-corrected chi connectivity index (χ3v) is 4.14. The first-order chi connectivity index (χ1) is 13.4. The monoisotopic (exact) mass is 383 g/mol. The Labute approximate surface area is 167 Å². The first-order valence-electron chi connectivity index (χ1n) is 9.76. The first-order valence-corrected chi connectivity index (χ1v) is 9.76. The van der Waals surface area contributed by atoms with Crippen LogP contribution in [0.5, 0.6) is 5.75 Å². The Hall–Kier alpha value is -2.82. The van der Waals surface area contributed by atoms with E-state index in [9.17, 15) is 9.59 Å². The fourth-order valence-corrected chi connectivity index (χ4v) is 2.60. The maximum absolute atomic E-state index is 12.4. The molecule has 1 amide bonds. The lowest BCUT2D eigenvalue weighted by Gasteiger charge is -2.16. The molecule has 0 fully saturated rings. The average Bonchev–Trinajstić information content (AvgIpc) is 2.67. The van der Waals surface area contributed by atoms with Gasteiger partial charge in [-0.2, -0.15) is 0 Å². The summed E-state index contributed by atoms with van der Waals surface area (Å²) in [6.45, 7) is 7.38. The van der Waals surface area contributed by atoms with Crippen LogP contribution in [-0.4, -0.2) is 24.1 Å². The van der Waals surface area contributed by atoms with Gasteiger partial charge in [0.1, 0.15) is 5.75 Å². The summed E-state index contributed by atoms with van der Waals surface area (Å²) in [5.74, 6) is -0.107. The topological polar surface area (TPSA) is 64.6 Å². The molecule has 5 heteroatoms. The molecule has 0 unspecified atom stereocenters. The maximum Gasteiger partial charge on any atom is 0.347 e. The van der Waals surface area contributed by atoms with Crippen molar-refractivity contribution in [2.24, 2.45) is 0 Å². The van der Waals surface area contributed by atoms with Gasteiger partial charge in [-0.1, -0.05) is 25.5 Å². The maximum atomic E-state index is 12.4. The number of nitrogens with one attached hydrogen (secondary N) is 1. The Morgan fingerprint density at radius 3 is 2.18 bits per heavy atom. The first kappa shape index (κ1) is 21.5. The number of anilines is 1. The number of aryl methyl sites for hydroxylation is 1. The van der Waals surface area contributed by atoms with E-state index in [-0.39, 0.29) is 12.0 Å². The molecular weight excluding hydrogens is 354 g/mol. The van der Waals surface area contributed by atoms with Crippen LogP contribution in [0, 0.1) is 0 Å². The quantitative estimate of drug-likeness (QED) is 0.619. The minimum absolute atomic E-state index is 0.190. The molecule has 0 aromatic heterocycles. The van der Waals surface area contributed by atoms with Gasteiger partial charge in [0.25, 0.3) is 5.91 Å². The molecule has 1 atom stereocenters. The highest BCUT2D eigenvalue weighted by molar-refractivity contribution is 6.04. The second-order valence-electron chi connectivity index (χ2n) is 7.02. The predicted molar refractivity (Wildman–Crippen MR) is 111 cm³/mol. The Morgan fingerprint density at radius 2 is 1.61 bits per heavy atom. The second-order valence-corrected chi connectivity index (χ2v) is 7.02. The Kier molecular flexibility index (Phi) is 8.05. The molecule has 1 N–H and O–H groups in total. The largest absolute Gasteiger partial charge is 0.479 e. The zero-order valence-corrected chi connectivity index (χ0v) is 17.0. The van der Waals surface area contributed by atoms with Gasteiger partial charge in [0, 0.05) is 11.3 Å². The molecule has 0 radical (unpaired) electrons. The molecule has 0 heterocycles. The van der Waals surface area contributed by atoms with Crippen molar-refractivity contribution in [1.29, 1.82) is 0 Å². The molecule has 150 valence electrons. The number of hydrogen-bond acceptors (Lipinski definition) is 4. The van der Waals surface area contributed by atoms with Gasteiger partial charge >= 0.3 is 5.97 Å². The fourth-order valence-electron chi connectivity index (χ4n) is 2.60. The van der Waals surface area contributed by atoms with E-state index in [1.165, 1.54) is 5.56 Å². The third kappa shape index (κ3) is 6.72. The van der Waals surface area contributed by atoms with Crippen molar-refractivity contribution in [3.63, 3.8) is 0 Å². The van der Waals surface area contributed by atoms with E-state index in [1.807, 2.05) is 24.3 Å². The molecule has 0 saturated heterocycles. The standard InChI is InChI=1S/C23H29NO4/c1-5-6-7-18-8-12-20(13-9-18)24-22(25)19-10-14-21(15-11-19)28-17(4)23(26)27-16(2)3/h8-17H,5-7H2,1-4H3,(H,24,25)/t17-/m1/s1. The Morgan fingerprint density at radius 1 is 0.964 bits per heavy atom. The van der Waals surface area contributed by atoms with Gasteiger partial charge in [-0.05, 0) is 75.6 Å². The zero-order valence-electron chi connectivity index (χ0n) is 17.0. The van der Waals surface area contributed by atoms with Crippen LogP contribution in [0.25, 0.3) is 0 Å². The van der Waals surface area contributed by atoms with Crippen LogP contribution in [-0.2, 0) is 16.0 Å². The molecule has 2 aromatic carbocycles. The summed E-state index contributed by atoms with van der Waals surface area (Å²) in [5.41, 5.74) is 2.54. The number of amides is 1. The highest BCUT2D eigenvalue weighted by Gasteiger charge is 2.17. The minimum atomic E-state index is -0.715. The summed E-state index contributed by atoms with van der Waals surface area (Å²) < 4.78 is 10.7. The summed E-state index contributed by atoms with van der Waals surface area (Å²) in [6.07, 6.45) is 2.47. The van der Waals surface area contributed by atoms with E-state index >= 15 is 0 Å². The number of esters is 1. The minimum Gasteiger partial charge on any atom is -0.479 e. The second kappa shape index (κ2) is 10.5. The summed E-state index contributed by atoms with van der Waals surface area (Å²) in [7, 11) is 0. The van der Waals surface area contributed by atoms with Crippen molar-refractivity contribution in [3.8, 4) is 5.75 Å². The van der Waals surface area contributed by atoms with E-state index in [4.69, 9.17) is 9.47 Å². The molecule has 2 aromatic rings. The number of ether oxygens (including phenoxy) is 2. The average molecular weight is 383 g/mol. The molecule has 0 bridgehead atoms. The number of carbonyl (C=O) groups is 2. The molecular formula is C23H29NO4. The number of rotatable bonds is 9. The van der Waals surface area contributed by atoms with Crippen LogP contribution in [0.4, 0.5) is 5.69 Å². The van der Waals surface area contributed by atoms with E-state index < -0.39 is 12.1 Å². The molecule has 0 aliphatic carbocycles. The molecule has 0 aliphatic heterocycles. The van der Waals surface area contributed by atoms with Crippen LogP contribution in [0.3, 0.4) is 0 Å². The summed E-state index contributed by atoms with van der Waals surface area (Å²) in [6, 6.07) is 14.6. The highest BCUT2D eigenvalue weighted by Crippen LogP contribution is 2.17. The van der Waals surface area contributed by atoms with Crippen molar-refractivity contribution < 1.29 is 19.1 Å². The van der Waals surface area contributed by atoms with Crippen LogP contribution in [0.1, 0.15) is 56.5 Å². The number of hydrogen-bond donors (Lipinski definition) is 1. The van der Waals surface area contributed by atoms with Gasteiger partial charge in [-0.15, -0.1) is 0 Å². The van der Waals surface area contributed by atoms with Gasteiger partial charge in [-0.25, -0.2) is 4.79 Å². The van der Waals surface area contributed by atoms with Crippen LogP contribution >= 0.6 is 0 Å². The number of unbranched alkanes of at least 4 members (excludes halogenated alkanes) is 1. The lowest BCUT2D eigenvalue weighted by atomic mass is 10.1. The third-order valence-electron chi connectivity index (χ3n) is 4.14. The Balaban J connectivity index is 1.91. The van der Waals surface area contributed by atoms with E-state index in [2.05, 4.69) is 12.2 Å². The van der Waals surface area contributed by atoms with Crippen molar-refractivity contribution in [1.82, 2.24) is 0 Å². The lowest BCUT2D eigenvalue weighted by molar-refractivity contribution is -0.154. The SMILES string of the molecule is CCCCc1ccc(NC(=O)c2ccc(O[C@H](C)C(=O)OC(C)C)cc2)cc1. The zero-order chi connectivity index (χ0) is 20.5. The van der Waals surface area contributed by atoms with Crippen LogP contribution < -0.4 is 10.1 Å². The highest BCUT2D eigenvalue weighted by atomic mass is 16.6. The molecule has 2 rings (SSSR count). The van der Waals surface area contributed by atoms with E-state index in [0.29, 0.717) is 11.3 Å². The summed E-state index contributed by atoms with van der Waals surface area (Å²) in [5, 5.41) is 2.89. The van der Waals surface area contributed by atoms with Crippen molar-refractivity contribution in [2.45, 2.75) is 59.2 Å². The van der Waals surface area contributed by atoms with E-state index in [0.717, 1.165) is 24.9 Å². The molecule has 0 aliphatic rings. The van der Waals surface area contributed by atoms with Gasteiger partial charge in [0.15, 0.2) is 6.10 Å². The van der Waals surface area contributed by atoms with Crippen molar-refractivity contribution in [2.75, 3.05) is 5.32 Å². The fraction of sp³-hybridized carbons (Fsp3) is 0.391. The summed E-state index contributed by atoms with van der Waals surface area (Å²) in [4.78, 5) is 24.2. The van der Waals surface area contributed by atoms with Crippen molar-refractivity contribution >= 4 is 17.6 Å². The van der Waals surface area contributed by atoms with Crippen LogP contribution in [0.2, 0.25) is 0 Å². The van der Waals surface area contributed by atoms with Gasteiger partial charge < -0.3 is 14.8 Å². The van der Waals surface area contributed by atoms with Gasteiger partial charge in [0.2, 0.25) is 0 Å². The normalized spacial score (nSPS) is 11.8. The predicted octanol–water partition coefficient (Wildman–Crippen LogP) is 5.00. The molecule has 0 spiro atoms. The molecule has 5 nitrogen and oxygen atoms in total. The number of carbonyl (C=O) groups excluding carboxylic acids is 2. The smallest absolute Gasteiger partial charge is 0.347 e. The summed E-state index contributed by atoms with van der Waals surface area (Å²) >= 11 is 0. The molecule has 0 saturated carbocycles. The number of benzene rings is 2. The van der Waals surface area contributed by atoms with Gasteiger partial charge in [-0.3, -0.25) is 4.79 Å². The van der Waals surface area contributed by atoms with Crippen LogP contribution in [0.15, 0.2) is 48.5 Å². The molecule has 28 heavy (non-hydrogen) atoms. The van der Waals surface area contributed by atoms with Crippen molar-refractivity contribution in [3.05, 3.63) is 59.7 Å². The van der Waals surface area contributed by atoms with E-state index in [1.54, 1.807) is 45.0 Å². The Bertz CT molecular complexity index is 766.